The van der Waals surface area contributed by atoms with Crippen molar-refractivity contribution in [3.8, 4) is 5.75 Å². The highest BCUT2D eigenvalue weighted by Crippen LogP contribution is 2.18. The van der Waals surface area contributed by atoms with Crippen molar-refractivity contribution in [1.82, 2.24) is 0 Å². The molecule has 0 aromatic heterocycles. The smallest absolute Gasteiger partial charge is 0.264 e. The predicted octanol–water partition coefficient (Wildman–Crippen LogP) is 1.87. The Labute approximate surface area is 96.3 Å². The van der Waals surface area contributed by atoms with E-state index in [1.54, 1.807) is 6.07 Å². The van der Waals surface area contributed by atoms with Crippen LogP contribution in [-0.2, 0) is 20.9 Å². The van der Waals surface area contributed by atoms with E-state index in [0.29, 0.717) is 6.61 Å². The molecule has 0 unspecified atom stereocenters. The Morgan fingerprint density at radius 3 is 2.50 bits per heavy atom. The van der Waals surface area contributed by atoms with Gasteiger partial charge in [-0.1, -0.05) is 6.07 Å². The molecule has 16 heavy (non-hydrogen) atoms. The minimum atomic E-state index is -3.39. The van der Waals surface area contributed by atoms with Gasteiger partial charge in [-0.25, -0.2) is 0 Å². The standard InChI is InChI=1S/C11H16O4S/c1-4-14-11-6-5-10(9(2)7-11)8-15-16(3,12)13/h5-7H,4,8H2,1-3H3. The molecule has 0 bridgehead atoms. The first-order valence-corrected chi connectivity index (χ1v) is 6.80. The summed E-state index contributed by atoms with van der Waals surface area (Å²) in [4.78, 5) is 0. The highest BCUT2D eigenvalue weighted by molar-refractivity contribution is 7.85. The van der Waals surface area contributed by atoms with Crippen LogP contribution in [0.2, 0.25) is 0 Å². The van der Waals surface area contributed by atoms with Gasteiger partial charge in [-0.05, 0) is 37.1 Å². The van der Waals surface area contributed by atoms with E-state index in [4.69, 9.17) is 8.92 Å². The molecule has 0 saturated heterocycles. The van der Waals surface area contributed by atoms with E-state index in [1.807, 2.05) is 26.0 Å². The van der Waals surface area contributed by atoms with Gasteiger partial charge in [0, 0.05) is 0 Å². The van der Waals surface area contributed by atoms with E-state index in [-0.39, 0.29) is 6.61 Å². The second-order valence-corrected chi connectivity index (χ2v) is 5.13. The van der Waals surface area contributed by atoms with Gasteiger partial charge < -0.3 is 4.74 Å². The Bertz CT molecular complexity index is 451. The number of rotatable bonds is 5. The Balaban J connectivity index is 2.75. The van der Waals surface area contributed by atoms with Gasteiger partial charge in [0.15, 0.2) is 0 Å². The van der Waals surface area contributed by atoms with Crippen molar-refractivity contribution in [1.29, 1.82) is 0 Å². The summed E-state index contributed by atoms with van der Waals surface area (Å²) in [6.45, 7) is 4.48. The minimum Gasteiger partial charge on any atom is -0.494 e. The van der Waals surface area contributed by atoms with Crippen LogP contribution in [0.4, 0.5) is 0 Å². The largest absolute Gasteiger partial charge is 0.494 e. The van der Waals surface area contributed by atoms with Crippen LogP contribution in [0.15, 0.2) is 18.2 Å². The normalized spacial score (nSPS) is 11.4. The average Bonchev–Trinajstić information content (AvgIpc) is 2.15. The Hall–Kier alpha value is -1.07. The molecule has 0 saturated carbocycles. The molecule has 1 rings (SSSR count). The molecule has 0 heterocycles. The first-order chi connectivity index (χ1) is 7.42. The van der Waals surface area contributed by atoms with E-state index < -0.39 is 10.1 Å². The molecule has 0 radical (unpaired) electrons. The van der Waals surface area contributed by atoms with Gasteiger partial charge in [0.25, 0.3) is 10.1 Å². The Morgan fingerprint density at radius 1 is 1.31 bits per heavy atom. The lowest BCUT2D eigenvalue weighted by molar-refractivity contribution is 0.310. The van der Waals surface area contributed by atoms with Crippen molar-refractivity contribution < 1.29 is 17.3 Å². The van der Waals surface area contributed by atoms with E-state index in [0.717, 1.165) is 23.1 Å². The van der Waals surface area contributed by atoms with Crippen molar-refractivity contribution >= 4 is 10.1 Å². The fourth-order valence-corrected chi connectivity index (χ4v) is 1.60. The maximum Gasteiger partial charge on any atom is 0.264 e. The molecule has 0 aliphatic rings. The van der Waals surface area contributed by atoms with Crippen molar-refractivity contribution in [3.05, 3.63) is 29.3 Å². The van der Waals surface area contributed by atoms with E-state index >= 15 is 0 Å². The Morgan fingerprint density at radius 2 is 2.00 bits per heavy atom. The molecule has 0 amide bonds. The number of aryl methyl sites for hydroxylation is 1. The van der Waals surface area contributed by atoms with Crippen molar-refractivity contribution in [3.63, 3.8) is 0 Å². The van der Waals surface area contributed by atoms with Crippen LogP contribution in [0.3, 0.4) is 0 Å². The van der Waals surface area contributed by atoms with Crippen molar-refractivity contribution in [2.45, 2.75) is 20.5 Å². The monoisotopic (exact) mass is 244 g/mol. The zero-order chi connectivity index (χ0) is 12.2. The number of hydrogen-bond donors (Lipinski definition) is 0. The average molecular weight is 244 g/mol. The van der Waals surface area contributed by atoms with Crippen LogP contribution in [-0.4, -0.2) is 21.3 Å². The lowest BCUT2D eigenvalue weighted by atomic mass is 10.1. The van der Waals surface area contributed by atoms with E-state index in [2.05, 4.69) is 0 Å². The molecule has 0 atom stereocenters. The lowest BCUT2D eigenvalue weighted by Gasteiger charge is -2.08. The van der Waals surface area contributed by atoms with Crippen LogP contribution in [0.1, 0.15) is 18.1 Å². The van der Waals surface area contributed by atoms with Crippen LogP contribution in [0.5, 0.6) is 5.75 Å². The quantitative estimate of drug-likeness (QED) is 0.742. The summed E-state index contributed by atoms with van der Waals surface area (Å²) in [7, 11) is -3.39. The third-order valence-electron chi connectivity index (χ3n) is 2.05. The highest BCUT2D eigenvalue weighted by Gasteiger charge is 2.05. The summed E-state index contributed by atoms with van der Waals surface area (Å²) >= 11 is 0. The first-order valence-electron chi connectivity index (χ1n) is 4.99. The molecule has 0 aliphatic heterocycles. The molecule has 1 aromatic carbocycles. The van der Waals surface area contributed by atoms with Gasteiger partial charge in [-0.15, -0.1) is 0 Å². The van der Waals surface area contributed by atoms with E-state index in [9.17, 15) is 8.42 Å². The van der Waals surface area contributed by atoms with Crippen LogP contribution in [0, 0.1) is 6.92 Å². The van der Waals surface area contributed by atoms with Gasteiger partial charge in [-0.2, -0.15) is 8.42 Å². The van der Waals surface area contributed by atoms with Gasteiger partial charge in [0.2, 0.25) is 0 Å². The maximum atomic E-state index is 10.8. The molecule has 0 fully saturated rings. The van der Waals surface area contributed by atoms with Crippen LogP contribution in [0.25, 0.3) is 0 Å². The summed E-state index contributed by atoms with van der Waals surface area (Å²) in [6, 6.07) is 5.48. The zero-order valence-corrected chi connectivity index (χ0v) is 10.5. The summed E-state index contributed by atoms with van der Waals surface area (Å²) in [5, 5.41) is 0. The second-order valence-electron chi connectivity index (χ2n) is 3.49. The molecule has 0 spiro atoms. The molecule has 4 nitrogen and oxygen atoms in total. The SMILES string of the molecule is CCOc1ccc(COS(C)(=O)=O)c(C)c1. The molecule has 0 aliphatic carbocycles. The maximum absolute atomic E-state index is 10.8. The number of hydrogen-bond acceptors (Lipinski definition) is 4. The van der Waals surface area contributed by atoms with Gasteiger partial charge in [0.05, 0.1) is 19.5 Å². The summed E-state index contributed by atoms with van der Waals surface area (Å²) in [5.74, 6) is 0.781. The summed E-state index contributed by atoms with van der Waals surface area (Å²) < 4.78 is 31.7. The van der Waals surface area contributed by atoms with E-state index in [1.165, 1.54) is 0 Å². The molecule has 0 N–H and O–H groups in total. The Kier molecular flexibility index (Phi) is 4.32. The zero-order valence-electron chi connectivity index (χ0n) is 9.69. The van der Waals surface area contributed by atoms with Crippen LogP contribution < -0.4 is 4.74 Å². The predicted molar refractivity (Wildman–Crippen MR) is 62.0 cm³/mol. The molecule has 90 valence electrons. The fourth-order valence-electron chi connectivity index (χ4n) is 1.26. The molecule has 5 heteroatoms. The van der Waals surface area contributed by atoms with Gasteiger partial charge in [-0.3, -0.25) is 4.18 Å². The molecular weight excluding hydrogens is 228 g/mol. The third kappa shape index (κ3) is 4.20. The van der Waals surface area contributed by atoms with Crippen molar-refractivity contribution in [2.75, 3.05) is 12.9 Å². The van der Waals surface area contributed by atoms with Crippen LogP contribution >= 0.6 is 0 Å². The third-order valence-corrected chi connectivity index (χ3v) is 2.60. The lowest BCUT2D eigenvalue weighted by Crippen LogP contribution is -2.04. The second kappa shape index (κ2) is 5.32. The minimum absolute atomic E-state index is 0.0665. The number of benzene rings is 1. The highest BCUT2D eigenvalue weighted by atomic mass is 32.2. The fraction of sp³-hybridized carbons (Fsp3) is 0.455. The number of ether oxygens (including phenoxy) is 1. The first kappa shape index (κ1) is 13.0. The van der Waals surface area contributed by atoms with Gasteiger partial charge >= 0.3 is 0 Å². The van der Waals surface area contributed by atoms with Gasteiger partial charge in [0.1, 0.15) is 5.75 Å². The molecule has 1 aromatic rings. The van der Waals surface area contributed by atoms with Crippen molar-refractivity contribution in [2.24, 2.45) is 0 Å². The topological polar surface area (TPSA) is 52.6 Å². The summed E-state index contributed by atoms with van der Waals surface area (Å²) in [6.07, 6.45) is 1.04. The summed E-state index contributed by atoms with van der Waals surface area (Å²) in [5.41, 5.74) is 1.79. The molecular formula is C11H16O4S.